The van der Waals surface area contributed by atoms with Gasteiger partial charge in [0.25, 0.3) is 5.56 Å². The maximum atomic E-state index is 12.3. The average Bonchev–Trinajstić information content (AvgIpc) is 3.10. The number of aromatic nitrogens is 2. The van der Waals surface area contributed by atoms with Gasteiger partial charge in [0.15, 0.2) is 5.82 Å². The lowest BCUT2D eigenvalue weighted by atomic mass is 9.86. The van der Waals surface area contributed by atoms with Crippen LogP contribution in [0.3, 0.4) is 0 Å². The molecular weight excluding hydrogens is 228 g/mol. The van der Waals surface area contributed by atoms with Crippen molar-refractivity contribution in [2.24, 2.45) is 5.73 Å². The number of nitrogens with two attached hydrogens (primary N) is 1. The molecule has 0 bridgehead atoms. The highest BCUT2D eigenvalue weighted by Crippen LogP contribution is 2.34. The molecular formula is C13H20N4O. The number of rotatable bonds is 4. The molecule has 0 radical (unpaired) electrons. The molecule has 1 aromatic heterocycles. The fraction of sp³-hybridized carbons (Fsp3) is 0.692. The first-order valence-corrected chi connectivity index (χ1v) is 6.74. The van der Waals surface area contributed by atoms with Crippen LogP contribution in [0, 0.1) is 0 Å². The fourth-order valence-corrected chi connectivity index (χ4v) is 2.79. The SMILES string of the molecule is CCCC1(N)CN(c2nccn(C3CC3)c2=O)C1. The molecule has 0 amide bonds. The van der Waals surface area contributed by atoms with Gasteiger partial charge >= 0.3 is 0 Å². The van der Waals surface area contributed by atoms with Crippen LogP contribution in [0.4, 0.5) is 5.82 Å². The van der Waals surface area contributed by atoms with Gasteiger partial charge in [0.05, 0.1) is 5.54 Å². The second kappa shape index (κ2) is 4.09. The standard InChI is InChI=1S/C13H20N4O/c1-2-5-13(14)8-16(9-13)11-12(18)17(7-6-15-11)10-3-4-10/h6-7,10H,2-5,8-9,14H2,1H3. The minimum Gasteiger partial charge on any atom is -0.348 e. The topological polar surface area (TPSA) is 64.2 Å². The summed E-state index contributed by atoms with van der Waals surface area (Å²) in [5.41, 5.74) is 6.14. The van der Waals surface area contributed by atoms with Gasteiger partial charge in [-0.2, -0.15) is 0 Å². The minimum absolute atomic E-state index is 0.0403. The summed E-state index contributed by atoms with van der Waals surface area (Å²) in [5.74, 6) is 0.571. The zero-order chi connectivity index (χ0) is 12.8. The van der Waals surface area contributed by atoms with Crippen molar-refractivity contribution < 1.29 is 0 Å². The van der Waals surface area contributed by atoms with E-state index < -0.39 is 0 Å². The van der Waals surface area contributed by atoms with E-state index in [0.29, 0.717) is 11.9 Å². The number of nitrogens with zero attached hydrogens (tertiary/aromatic N) is 3. The van der Waals surface area contributed by atoms with E-state index >= 15 is 0 Å². The average molecular weight is 248 g/mol. The largest absolute Gasteiger partial charge is 0.348 e. The van der Waals surface area contributed by atoms with E-state index in [1.807, 2.05) is 9.47 Å². The second-order valence-corrected chi connectivity index (χ2v) is 5.66. The lowest BCUT2D eigenvalue weighted by Crippen LogP contribution is -2.68. The summed E-state index contributed by atoms with van der Waals surface area (Å²) in [5, 5.41) is 0. The number of hydrogen-bond donors (Lipinski definition) is 1. The molecule has 0 unspecified atom stereocenters. The zero-order valence-electron chi connectivity index (χ0n) is 10.8. The van der Waals surface area contributed by atoms with Gasteiger partial charge in [-0.1, -0.05) is 13.3 Å². The predicted molar refractivity (Wildman–Crippen MR) is 70.8 cm³/mol. The van der Waals surface area contributed by atoms with Gasteiger partial charge in [-0.3, -0.25) is 4.79 Å². The highest BCUT2D eigenvalue weighted by Gasteiger charge is 2.40. The summed E-state index contributed by atoms with van der Waals surface area (Å²) in [6.07, 6.45) is 7.84. The van der Waals surface area contributed by atoms with Crippen LogP contribution in [0.25, 0.3) is 0 Å². The van der Waals surface area contributed by atoms with Crippen LogP contribution in [0.1, 0.15) is 38.6 Å². The summed E-state index contributed by atoms with van der Waals surface area (Å²) in [7, 11) is 0. The molecule has 98 valence electrons. The molecule has 1 aromatic rings. The molecule has 2 fully saturated rings. The molecule has 1 saturated carbocycles. The molecule has 5 heteroatoms. The Labute approximate surface area is 107 Å². The molecule has 18 heavy (non-hydrogen) atoms. The summed E-state index contributed by atoms with van der Waals surface area (Å²) >= 11 is 0. The van der Waals surface area contributed by atoms with E-state index in [0.717, 1.165) is 38.8 Å². The molecule has 2 N–H and O–H groups in total. The van der Waals surface area contributed by atoms with E-state index in [4.69, 9.17) is 5.73 Å². The third-order valence-corrected chi connectivity index (χ3v) is 3.85. The van der Waals surface area contributed by atoms with E-state index in [-0.39, 0.29) is 11.1 Å². The molecule has 2 heterocycles. The fourth-order valence-electron chi connectivity index (χ4n) is 2.79. The van der Waals surface area contributed by atoms with Crippen molar-refractivity contribution in [3.05, 3.63) is 22.7 Å². The second-order valence-electron chi connectivity index (χ2n) is 5.66. The lowest BCUT2D eigenvalue weighted by Gasteiger charge is -2.48. The summed E-state index contributed by atoms with van der Waals surface area (Å²) < 4.78 is 1.82. The Hall–Kier alpha value is -1.36. The normalized spacial score (nSPS) is 21.8. The van der Waals surface area contributed by atoms with Gasteiger partial charge in [-0.15, -0.1) is 0 Å². The zero-order valence-corrected chi connectivity index (χ0v) is 10.8. The molecule has 1 saturated heterocycles. The molecule has 0 spiro atoms. The summed E-state index contributed by atoms with van der Waals surface area (Å²) in [6.45, 7) is 3.63. The van der Waals surface area contributed by atoms with Gasteiger partial charge in [-0.05, 0) is 19.3 Å². The van der Waals surface area contributed by atoms with Crippen LogP contribution in [-0.2, 0) is 0 Å². The van der Waals surface area contributed by atoms with Crippen LogP contribution in [-0.4, -0.2) is 28.2 Å². The number of anilines is 1. The first kappa shape index (κ1) is 11.7. The van der Waals surface area contributed by atoms with Gasteiger partial charge in [-0.25, -0.2) is 4.98 Å². The van der Waals surface area contributed by atoms with E-state index in [9.17, 15) is 4.79 Å². The van der Waals surface area contributed by atoms with Crippen molar-refractivity contribution in [2.75, 3.05) is 18.0 Å². The summed E-state index contributed by atoms with van der Waals surface area (Å²) in [6, 6.07) is 0.402. The predicted octanol–water partition coefficient (Wildman–Crippen LogP) is 0.896. The van der Waals surface area contributed by atoms with Crippen LogP contribution in [0.15, 0.2) is 17.2 Å². The third-order valence-electron chi connectivity index (χ3n) is 3.85. The summed E-state index contributed by atoms with van der Waals surface area (Å²) in [4.78, 5) is 18.5. The Morgan fingerprint density at radius 1 is 1.50 bits per heavy atom. The Kier molecular flexibility index (Phi) is 2.66. The Bertz CT molecular complexity index is 500. The quantitative estimate of drug-likeness (QED) is 0.859. The Morgan fingerprint density at radius 3 is 2.83 bits per heavy atom. The van der Waals surface area contributed by atoms with Gasteiger partial charge in [0.1, 0.15) is 0 Å². The minimum atomic E-state index is -0.122. The lowest BCUT2D eigenvalue weighted by molar-refractivity contribution is 0.304. The van der Waals surface area contributed by atoms with Crippen LogP contribution < -0.4 is 16.2 Å². The Morgan fingerprint density at radius 2 is 2.22 bits per heavy atom. The smallest absolute Gasteiger partial charge is 0.293 e. The van der Waals surface area contributed by atoms with Crippen LogP contribution in [0.2, 0.25) is 0 Å². The molecule has 0 aromatic carbocycles. The van der Waals surface area contributed by atoms with Gasteiger partial charge in [0, 0.05) is 31.5 Å². The van der Waals surface area contributed by atoms with Crippen molar-refractivity contribution in [3.63, 3.8) is 0 Å². The monoisotopic (exact) mass is 248 g/mol. The van der Waals surface area contributed by atoms with E-state index in [1.54, 1.807) is 12.4 Å². The molecule has 3 rings (SSSR count). The van der Waals surface area contributed by atoms with Crippen molar-refractivity contribution in [1.82, 2.24) is 9.55 Å². The molecule has 1 aliphatic carbocycles. The van der Waals surface area contributed by atoms with Crippen molar-refractivity contribution in [3.8, 4) is 0 Å². The van der Waals surface area contributed by atoms with E-state index in [2.05, 4.69) is 11.9 Å². The van der Waals surface area contributed by atoms with Crippen molar-refractivity contribution >= 4 is 5.82 Å². The maximum Gasteiger partial charge on any atom is 0.293 e. The highest BCUT2D eigenvalue weighted by molar-refractivity contribution is 5.42. The van der Waals surface area contributed by atoms with Gasteiger partial charge < -0.3 is 15.2 Å². The molecule has 5 nitrogen and oxygen atoms in total. The highest BCUT2D eigenvalue weighted by atomic mass is 16.1. The first-order valence-electron chi connectivity index (χ1n) is 6.74. The van der Waals surface area contributed by atoms with Crippen molar-refractivity contribution in [2.45, 2.75) is 44.2 Å². The van der Waals surface area contributed by atoms with Gasteiger partial charge in [0.2, 0.25) is 0 Å². The molecule has 1 aliphatic heterocycles. The first-order chi connectivity index (χ1) is 8.63. The maximum absolute atomic E-state index is 12.3. The molecule has 0 atom stereocenters. The van der Waals surface area contributed by atoms with Crippen molar-refractivity contribution in [1.29, 1.82) is 0 Å². The van der Waals surface area contributed by atoms with Crippen LogP contribution >= 0.6 is 0 Å². The Balaban J connectivity index is 1.78. The third kappa shape index (κ3) is 1.92. The number of hydrogen-bond acceptors (Lipinski definition) is 4. The molecule has 2 aliphatic rings. The van der Waals surface area contributed by atoms with E-state index in [1.165, 1.54) is 0 Å². The van der Waals surface area contributed by atoms with Crippen LogP contribution in [0.5, 0.6) is 0 Å².